The van der Waals surface area contributed by atoms with Gasteiger partial charge in [-0.25, -0.2) is 0 Å². The second-order valence-electron chi connectivity index (χ2n) is 9.41. The van der Waals surface area contributed by atoms with Crippen LogP contribution in [0, 0.1) is 6.92 Å². The molecule has 5 rings (SSSR count). The van der Waals surface area contributed by atoms with Crippen LogP contribution in [0.4, 0.5) is 0 Å². The number of piperazine rings is 1. The van der Waals surface area contributed by atoms with Crippen molar-refractivity contribution in [3.8, 4) is 22.6 Å². The molecule has 0 radical (unpaired) electrons. The van der Waals surface area contributed by atoms with Gasteiger partial charge in [0.2, 0.25) is 0 Å². The molecule has 2 aromatic heterocycles. The fourth-order valence-electron chi connectivity index (χ4n) is 5.45. The van der Waals surface area contributed by atoms with Crippen LogP contribution in [0.25, 0.3) is 22.0 Å². The van der Waals surface area contributed by atoms with Gasteiger partial charge in [-0.15, -0.1) is 0 Å². The van der Waals surface area contributed by atoms with Crippen LogP contribution in [0.3, 0.4) is 0 Å². The van der Waals surface area contributed by atoms with E-state index in [1.165, 1.54) is 0 Å². The molecule has 7 nitrogen and oxygen atoms in total. The highest BCUT2D eigenvalue weighted by atomic mass is 35.5. The van der Waals surface area contributed by atoms with Gasteiger partial charge in [0.25, 0.3) is 0 Å². The third-order valence-electron chi connectivity index (χ3n) is 7.30. The largest absolute Gasteiger partial charge is 0.493 e. The van der Waals surface area contributed by atoms with E-state index in [4.69, 9.17) is 26.2 Å². The molecule has 4 aromatic rings. The first-order valence-electron chi connectivity index (χ1n) is 12.8. The monoisotopic (exact) mass is 519 g/mol. The van der Waals surface area contributed by atoms with Crippen molar-refractivity contribution in [2.45, 2.75) is 32.9 Å². The van der Waals surface area contributed by atoms with E-state index >= 15 is 0 Å². The van der Waals surface area contributed by atoms with Gasteiger partial charge in [0, 0.05) is 60.6 Å². The van der Waals surface area contributed by atoms with Crippen LogP contribution in [0.15, 0.2) is 48.8 Å². The van der Waals surface area contributed by atoms with Gasteiger partial charge in [-0.1, -0.05) is 36.7 Å². The van der Waals surface area contributed by atoms with Crippen molar-refractivity contribution in [1.82, 2.24) is 25.0 Å². The molecular weight excluding hydrogens is 486 g/mol. The molecule has 1 fully saturated rings. The quantitative estimate of drug-likeness (QED) is 0.332. The number of nitrogens with zero attached hydrogens (tertiary/aromatic N) is 4. The van der Waals surface area contributed by atoms with E-state index in [0.29, 0.717) is 23.1 Å². The highest BCUT2D eigenvalue weighted by Crippen LogP contribution is 2.48. The van der Waals surface area contributed by atoms with Crippen LogP contribution in [-0.2, 0) is 6.54 Å². The number of methoxy groups -OCH3 is 2. The van der Waals surface area contributed by atoms with E-state index in [-0.39, 0.29) is 6.04 Å². The Labute approximate surface area is 223 Å². The number of halogens is 1. The Kier molecular flexibility index (Phi) is 7.65. The summed E-state index contributed by atoms with van der Waals surface area (Å²) in [6, 6.07) is 12.3. The molecule has 1 aliphatic heterocycles. The average Bonchev–Trinajstić information content (AvgIpc) is 3.28. The molecule has 8 heteroatoms. The summed E-state index contributed by atoms with van der Waals surface area (Å²) >= 11 is 6.63. The van der Waals surface area contributed by atoms with E-state index < -0.39 is 0 Å². The highest BCUT2D eigenvalue weighted by molar-refractivity contribution is 6.31. The van der Waals surface area contributed by atoms with Crippen LogP contribution in [0.2, 0.25) is 5.02 Å². The second kappa shape index (κ2) is 11.1. The number of nitrogens with one attached hydrogen (secondary N) is 1. The van der Waals surface area contributed by atoms with Gasteiger partial charge in [-0.3, -0.25) is 14.6 Å². The second-order valence-corrected chi connectivity index (χ2v) is 9.81. The molecule has 1 N–H and O–H groups in total. The van der Waals surface area contributed by atoms with Gasteiger partial charge in [0.1, 0.15) is 0 Å². The Morgan fingerprint density at radius 1 is 1.11 bits per heavy atom. The number of rotatable bonds is 8. The van der Waals surface area contributed by atoms with Crippen molar-refractivity contribution in [3.05, 3.63) is 70.6 Å². The summed E-state index contributed by atoms with van der Waals surface area (Å²) in [5, 5.41) is 10.6. The zero-order valence-corrected chi connectivity index (χ0v) is 22.7. The smallest absolute Gasteiger partial charge is 0.169 e. The lowest BCUT2D eigenvalue weighted by Crippen LogP contribution is -2.45. The number of aromatic nitrogens is 3. The molecule has 0 saturated carbocycles. The summed E-state index contributed by atoms with van der Waals surface area (Å²) in [6.45, 7) is 8.80. The number of ether oxygens (including phenoxy) is 2. The summed E-state index contributed by atoms with van der Waals surface area (Å²) in [6.07, 6.45) is 4.63. The molecule has 0 amide bonds. The number of fused-ring (bicyclic) bond motifs is 1. The minimum Gasteiger partial charge on any atom is -0.493 e. The summed E-state index contributed by atoms with van der Waals surface area (Å²) in [5.74, 6) is 1.36. The highest BCUT2D eigenvalue weighted by Gasteiger charge is 2.30. The lowest BCUT2D eigenvalue weighted by atomic mass is 9.92. The maximum atomic E-state index is 6.63. The SMILES string of the molecule is CCC(c1nn(Cc2cccnc2)c2cc(OC)c(OC)c(-c3cccc(Cl)c3C)c12)N1CCNCC1. The van der Waals surface area contributed by atoms with Crippen LogP contribution in [0.1, 0.15) is 36.2 Å². The molecule has 3 heterocycles. The van der Waals surface area contributed by atoms with Gasteiger partial charge >= 0.3 is 0 Å². The van der Waals surface area contributed by atoms with Gasteiger partial charge < -0.3 is 14.8 Å². The molecule has 0 spiro atoms. The van der Waals surface area contributed by atoms with Crippen molar-refractivity contribution in [1.29, 1.82) is 0 Å². The minimum atomic E-state index is 0.163. The van der Waals surface area contributed by atoms with E-state index in [1.54, 1.807) is 20.4 Å². The maximum Gasteiger partial charge on any atom is 0.169 e. The minimum absolute atomic E-state index is 0.163. The van der Waals surface area contributed by atoms with Crippen molar-refractivity contribution in [2.75, 3.05) is 40.4 Å². The van der Waals surface area contributed by atoms with E-state index in [9.17, 15) is 0 Å². The normalized spacial score (nSPS) is 15.2. The van der Waals surface area contributed by atoms with Crippen molar-refractivity contribution in [3.63, 3.8) is 0 Å². The standard InChI is InChI=1S/C29H34ClN5O2/c1-5-23(34-14-12-31-13-15-34)28-27-24(35(33-28)18-20-8-7-11-32-17-20)16-25(36-3)29(37-4)26(27)21-9-6-10-22(30)19(21)2/h6-11,16-17,23,31H,5,12-15,18H2,1-4H3. The number of hydrogen-bond donors (Lipinski definition) is 1. The van der Waals surface area contributed by atoms with Gasteiger partial charge in [-0.2, -0.15) is 5.10 Å². The molecule has 1 atom stereocenters. The Hall–Kier alpha value is -3.13. The van der Waals surface area contributed by atoms with Crippen LogP contribution in [0.5, 0.6) is 11.5 Å². The molecule has 37 heavy (non-hydrogen) atoms. The van der Waals surface area contributed by atoms with Crippen molar-refractivity contribution >= 4 is 22.5 Å². The molecule has 1 unspecified atom stereocenters. The first kappa shape index (κ1) is 25.5. The zero-order valence-electron chi connectivity index (χ0n) is 21.9. The summed E-state index contributed by atoms with van der Waals surface area (Å²) in [4.78, 5) is 6.86. The zero-order chi connectivity index (χ0) is 25.9. The molecular formula is C29H34ClN5O2. The Morgan fingerprint density at radius 2 is 1.92 bits per heavy atom. The lowest BCUT2D eigenvalue weighted by molar-refractivity contribution is 0.166. The number of pyridine rings is 1. The molecule has 1 saturated heterocycles. The summed E-state index contributed by atoms with van der Waals surface area (Å²) in [5.41, 5.74) is 6.13. The van der Waals surface area contributed by atoms with Crippen molar-refractivity contribution < 1.29 is 9.47 Å². The molecule has 0 bridgehead atoms. The number of benzene rings is 2. The predicted octanol–water partition coefficient (Wildman–Crippen LogP) is 5.48. The molecule has 0 aliphatic carbocycles. The summed E-state index contributed by atoms with van der Waals surface area (Å²) < 4.78 is 14.0. The molecule has 194 valence electrons. The fourth-order valence-corrected chi connectivity index (χ4v) is 5.62. The molecule has 1 aliphatic rings. The third kappa shape index (κ3) is 4.79. The fraction of sp³-hybridized carbons (Fsp3) is 0.379. The third-order valence-corrected chi connectivity index (χ3v) is 7.71. The predicted molar refractivity (Wildman–Crippen MR) is 149 cm³/mol. The number of hydrogen-bond acceptors (Lipinski definition) is 6. The molecule has 2 aromatic carbocycles. The van der Waals surface area contributed by atoms with Gasteiger partial charge in [0.05, 0.1) is 38.0 Å². The average molecular weight is 520 g/mol. The Balaban J connectivity index is 1.84. The van der Waals surface area contributed by atoms with E-state index in [2.05, 4.69) is 51.9 Å². The van der Waals surface area contributed by atoms with Crippen LogP contribution >= 0.6 is 11.6 Å². The lowest BCUT2D eigenvalue weighted by Gasteiger charge is -2.34. The van der Waals surface area contributed by atoms with Gasteiger partial charge in [0.15, 0.2) is 11.5 Å². The first-order chi connectivity index (χ1) is 18.1. The van der Waals surface area contributed by atoms with E-state index in [1.807, 2.05) is 24.4 Å². The van der Waals surface area contributed by atoms with Crippen LogP contribution in [-0.4, -0.2) is 60.1 Å². The van der Waals surface area contributed by atoms with E-state index in [0.717, 1.165) is 71.5 Å². The maximum absolute atomic E-state index is 6.63. The van der Waals surface area contributed by atoms with Gasteiger partial charge in [-0.05, 0) is 42.2 Å². The van der Waals surface area contributed by atoms with Crippen LogP contribution < -0.4 is 14.8 Å². The Bertz CT molecular complexity index is 1380. The summed E-state index contributed by atoms with van der Waals surface area (Å²) in [7, 11) is 3.37. The first-order valence-corrected chi connectivity index (χ1v) is 13.2. The Morgan fingerprint density at radius 3 is 2.59 bits per heavy atom. The topological polar surface area (TPSA) is 64.4 Å². The van der Waals surface area contributed by atoms with Crippen molar-refractivity contribution in [2.24, 2.45) is 0 Å².